The molecule has 0 spiro atoms. The lowest BCUT2D eigenvalue weighted by Crippen LogP contribution is -2.27. The first-order chi connectivity index (χ1) is 16.2. The fourth-order valence-electron chi connectivity index (χ4n) is 4.57. The Bertz CT molecular complexity index is 1270. The van der Waals surface area contributed by atoms with E-state index in [9.17, 15) is 4.79 Å². The predicted octanol–water partition coefficient (Wildman–Crippen LogP) is 4.73. The number of aromatic nitrogens is 2. The average molecular weight is 442 g/mol. The third-order valence-corrected chi connectivity index (χ3v) is 6.21. The van der Waals surface area contributed by atoms with Gasteiger partial charge in [0.05, 0.1) is 0 Å². The lowest BCUT2D eigenvalue weighted by atomic mass is 9.86. The highest BCUT2D eigenvalue weighted by molar-refractivity contribution is 5.88. The van der Waals surface area contributed by atoms with E-state index in [-0.39, 0.29) is 18.6 Å². The van der Waals surface area contributed by atoms with Crippen molar-refractivity contribution in [1.29, 1.82) is 0 Å². The molecule has 1 amide bonds. The molecule has 0 fully saturated rings. The summed E-state index contributed by atoms with van der Waals surface area (Å²) in [5.41, 5.74) is 5.40. The maximum Gasteiger partial charge on any atom is 0.231 e. The predicted molar refractivity (Wildman–Crippen MR) is 128 cm³/mol. The zero-order valence-electron chi connectivity index (χ0n) is 18.6. The fourth-order valence-corrected chi connectivity index (χ4v) is 4.57. The van der Waals surface area contributed by atoms with Crippen LogP contribution in [-0.4, -0.2) is 29.2 Å². The van der Waals surface area contributed by atoms with Gasteiger partial charge in [0.2, 0.25) is 12.7 Å². The minimum atomic E-state index is -0.169. The van der Waals surface area contributed by atoms with Gasteiger partial charge in [-0.1, -0.05) is 43.3 Å². The summed E-state index contributed by atoms with van der Waals surface area (Å²) in [6, 6.07) is 18.0. The highest BCUT2D eigenvalue weighted by atomic mass is 16.7. The molecule has 2 aromatic carbocycles. The van der Waals surface area contributed by atoms with E-state index in [2.05, 4.69) is 40.4 Å². The van der Waals surface area contributed by atoms with Crippen LogP contribution in [0, 0.1) is 0 Å². The Labute approximate surface area is 193 Å². The van der Waals surface area contributed by atoms with Gasteiger partial charge in [0, 0.05) is 59.9 Å². The molecule has 2 aromatic heterocycles. The molecule has 4 aromatic rings. The first-order valence-electron chi connectivity index (χ1n) is 11.4. The molecule has 1 unspecified atom stereocenters. The molecule has 3 heterocycles. The van der Waals surface area contributed by atoms with Gasteiger partial charge in [0.15, 0.2) is 11.5 Å². The SMILES string of the molecule is CCc1cccc2c(C(CC(=O)NCCc3ccccn3)c3cccc4c3OCO4)c[nH]c12. The van der Waals surface area contributed by atoms with Gasteiger partial charge < -0.3 is 19.8 Å². The lowest BCUT2D eigenvalue weighted by Gasteiger charge is -2.19. The summed E-state index contributed by atoms with van der Waals surface area (Å²) in [6.45, 7) is 2.89. The maximum absolute atomic E-state index is 13.1. The molecule has 0 radical (unpaired) electrons. The van der Waals surface area contributed by atoms with E-state index in [0.717, 1.165) is 45.6 Å². The van der Waals surface area contributed by atoms with Gasteiger partial charge in [-0.2, -0.15) is 0 Å². The van der Waals surface area contributed by atoms with Crippen molar-refractivity contribution in [3.8, 4) is 11.5 Å². The van der Waals surface area contributed by atoms with Crippen molar-refractivity contribution in [3.63, 3.8) is 0 Å². The molecule has 0 aliphatic carbocycles. The average Bonchev–Trinajstić information content (AvgIpc) is 3.50. The number of H-pyrrole nitrogens is 1. The number of benzene rings is 2. The van der Waals surface area contributed by atoms with Gasteiger partial charge in [-0.25, -0.2) is 0 Å². The van der Waals surface area contributed by atoms with Crippen molar-refractivity contribution < 1.29 is 14.3 Å². The second kappa shape index (κ2) is 9.36. The van der Waals surface area contributed by atoms with Crippen LogP contribution in [0.1, 0.15) is 41.6 Å². The zero-order chi connectivity index (χ0) is 22.6. The summed E-state index contributed by atoms with van der Waals surface area (Å²) in [5, 5.41) is 4.21. The molecule has 0 saturated carbocycles. The standard InChI is InChI=1S/C27H27N3O3/c1-2-18-7-5-9-20-23(16-30-26(18)20)22(21-10-6-11-24-27(21)33-17-32-24)15-25(31)29-14-12-19-8-3-4-13-28-19/h3-11,13,16,22,30H,2,12,14-15,17H2,1H3,(H,29,31). The number of aromatic amines is 1. The second-order valence-corrected chi connectivity index (χ2v) is 8.20. The van der Waals surface area contributed by atoms with Crippen LogP contribution in [0.3, 0.4) is 0 Å². The Balaban J connectivity index is 1.44. The topological polar surface area (TPSA) is 76.2 Å². The second-order valence-electron chi connectivity index (χ2n) is 8.20. The normalized spacial score (nSPS) is 13.2. The lowest BCUT2D eigenvalue weighted by molar-refractivity contribution is -0.121. The van der Waals surface area contributed by atoms with Crippen LogP contribution < -0.4 is 14.8 Å². The van der Waals surface area contributed by atoms with Crippen molar-refractivity contribution in [3.05, 3.63) is 89.4 Å². The van der Waals surface area contributed by atoms with Crippen LogP contribution in [0.25, 0.3) is 10.9 Å². The van der Waals surface area contributed by atoms with E-state index in [1.165, 1.54) is 5.56 Å². The number of ether oxygens (including phenoxy) is 2. The number of nitrogens with one attached hydrogen (secondary N) is 2. The van der Waals surface area contributed by atoms with Crippen molar-refractivity contribution in [2.45, 2.75) is 32.1 Å². The largest absolute Gasteiger partial charge is 0.454 e. The molecular weight excluding hydrogens is 414 g/mol. The molecule has 33 heavy (non-hydrogen) atoms. The van der Waals surface area contributed by atoms with Crippen LogP contribution in [0.5, 0.6) is 11.5 Å². The van der Waals surface area contributed by atoms with Crippen molar-refractivity contribution in [2.24, 2.45) is 0 Å². The van der Waals surface area contributed by atoms with Crippen LogP contribution >= 0.6 is 0 Å². The fraction of sp³-hybridized carbons (Fsp3) is 0.259. The van der Waals surface area contributed by atoms with Crippen molar-refractivity contribution in [1.82, 2.24) is 15.3 Å². The molecule has 0 saturated heterocycles. The van der Waals surface area contributed by atoms with Gasteiger partial charge in [-0.3, -0.25) is 9.78 Å². The Morgan fingerprint density at radius 3 is 2.85 bits per heavy atom. The summed E-state index contributed by atoms with van der Waals surface area (Å²) in [5.74, 6) is 1.28. The Kier molecular flexibility index (Phi) is 5.98. The van der Waals surface area contributed by atoms with Crippen LogP contribution in [0.4, 0.5) is 0 Å². The van der Waals surface area contributed by atoms with Gasteiger partial charge in [-0.05, 0) is 35.7 Å². The minimum Gasteiger partial charge on any atom is -0.454 e. The summed E-state index contributed by atoms with van der Waals surface area (Å²) in [7, 11) is 0. The molecule has 0 bridgehead atoms. The van der Waals surface area contributed by atoms with E-state index in [4.69, 9.17) is 9.47 Å². The van der Waals surface area contributed by atoms with E-state index in [0.29, 0.717) is 19.4 Å². The highest BCUT2D eigenvalue weighted by Crippen LogP contribution is 2.44. The Morgan fingerprint density at radius 2 is 2.00 bits per heavy atom. The van der Waals surface area contributed by atoms with Gasteiger partial charge in [0.1, 0.15) is 0 Å². The van der Waals surface area contributed by atoms with Gasteiger partial charge in [-0.15, -0.1) is 0 Å². The van der Waals surface area contributed by atoms with Crippen molar-refractivity contribution >= 4 is 16.8 Å². The van der Waals surface area contributed by atoms with E-state index < -0.39 is 0 Å². The molecule has 1 aliphatic heterocycles. The number of hydrogen-bond donors (Lipinski definition) is 2. The Hall–Kier alpha value is -3.80. The summed E-state index contributed by atoms with van der Waals surface area (Å²) in [6.07, 6.45) is 5.75. The number of carbonyl (C=O) groups excluding carboxylic acids is 1. The number of nitrogens with zero attached hydrogens (tertiary/aromatic N) is 1. The number of carbonyl (C=O) groups is 1. The molecule has 1 atom stereocenters. The number of para-hydroxylation sites is 2. The molecule has 6 heteroatoms. The first-order valence-corrected chi connectivity index (χ1v) is 11.4. The molecule has 5 rings (SSSR count). The summed E-state index contributed by atoms with van der Waals surface area (Å²) in [4.78, 5) is 20.8. The van der Waals surface area contributed by atoms with Crippen LogP contribution in [0.15, 0.2) is 67.0 Å². The summed E-state index contributed by atoms with van der Waals surface area (Å²) < 4.78 is 11.4. The Morgan fingerprint density at radius 1 is 1.09 bits per heavy atom. The van der Waals surface area contributed by atoms with Crippen LogP contribution in [-0.2, 0) is 17.6 Å². The number of rotatable bonds is 8. The highest BCUT2D eigenvalue weighted by Gasteiger charge is 2.28. The van der Waals surface area contributed by atoms with E-state index >= 15 is 0 Å². The third-order valence-electron chi connectivity index (χ3n) is 6.21. The van der Waals surface area contributed by atoms with E-state index in [1.807, 2.05) is 42.6 Å². The van der Waals surface area contributed by atoms with Crippen LogP contribution in [0.2, 0.25) is 0 Å². The summed E-state index contributed by atoms with van der Waals surface area (Å²) >= 11 is 0. The third kappa shape index (κ3) is 4.29. The molecular formula is C27H27N3O3. The molecule has 6 nitrogen and oxygen atoms in total. The van der Waals surface area contributed by atoms with E-state index in [1.54, 1.807) is 6.20 Å². The smallest absolute Gasteiger partial charge is 0.231 e. The minimum absolute atomic E-state index is 0.00607. The first kappa shape index (κ1) is 21.1. The molecule has 168 valence electrons. The zero-order valence-corrected chi connectivity index (χ0v) is 18.6. The van der Waals surface area contributed by atoms with Gasteiger partial charge >= 0.3 is 0 Å². The van der Waals surface area contributed by atoms with Gasteiger partial charge in [0.25, 0.3) is 0 Å². The number of hydrogen-bond acceptors (Lipinski definition) is 4. The number of pyridine rings is 1. The number of aryl methyl sites for hydroxylation is 1. The molecule has 2 N–H and O–H groups in total. The quantitative estimate of drug-likeness (QED) is 0.414. The number of fused-ring (bicyclic) bond motifs is 2. The molecule has 1 aliphatic rings. The number of amides is 1. The van der Waals surface area contributed by atoms with Crippen molar-refractivity contribution in [2.75, 3.05) is 13.3 Å². The monoisotopic (exact) mass is 441 g/mol. The maximum atomic E-state index is 13.1.